The van der Waals surface area contributed by atoms with Gasteiger partial charge in [0.05, 0.1) is 12.2 Å². The Balaban J connectivity index is 1.55. The largest absolute Gasteiger partial charge is 0.388 e. The van der Waals surface area contributed by atoms with Crippen molar-refractivity contribution < 1.29 is 9.84 Å². The number of rotatable bonds is 5. The summed E-state index contributed by atoms with van der Waals surface area (Å²) in [6, 6.07) is 6.48. The van der Waals surface area contributed by atoms with E-state index >= 15 is 0 Å². The number of ether oxygens (including phenoxy) is 1. The molecular formula is C18H27NO2. The number of fused-ring (bicyclic) bond motifs is 1. The summed E-state index contributed by atoms with van der Waals surface area (Å²) in [4.78, 5) is 2.31. The Kier molecular flexibility index (Phi) is 4.81. The molecule has 2 unspecified atom stereocenters. The zero-order valence-electron chi connectivity index (χ0n) is 13.1. The fraction of sp³-hybridized carbons (Fsp3) is 0.667. The van der Waals surface area contributed by atoms with Crippen molar-refractivity contribution in [2.24, 2.45) is 0 Å². The Bertz CT molecular complexity index is 468. The first-order valence-electron chi connectivity index (χ1n) is 8.37. The Morgan fingerprint density at radius 1 is 1.38 bits per heavy atom. The van der Waals surface area contributed by atoms with Gasteiger partial charge >= 0.3 is 0 Å². The number of hydrogen-bond acceptors (Lipinski definition) is 3. The molecule has 1 aromatic carbocycles. The van der Waals surface area contributed by atoms with Crippen molar-refractivity contribution in [3.8, 4) is 0 Å². The summed E-state index contributed by atoms with van der Waals surface area (Å²) in [7, 11) is 2.15. The van der Waals surface area contributed by atoms with Crippen molar-refractivity contribution in [3.05, 3.63) is 29.3 Å². The normalized spacial score (nSPS) is 23.1. The van der Waals surface area contributed by atoms with Crippen LogP contribution in [0.15, 0.2) is 18.2 Å². The first kappa shape index (κ1) is 14.9. The monoisotopic (exact) mass is 289 g/mol. The molecule has 1 N–H and O–H groups in total. The second kappa shape index (κ2) is 6.80. The Morgan fingerprint density at radius 3 is 3.10 bits per heavy atom. The summed E-state index contributed by atoms with van der Waals surface area (Å²) >= 11 is 0. The molecule has 116 valence electrons. The average Bonchev–Trinajstić information content (AvgIpc) is 3.00. The van der Waals surface area contributed by atoms with E-state index in [9.17, 15) is 5.11 Å². The van der Waals surface area contributed by atoms with E-state index in [4.69, 9.17) is 4.74 Å². The van der Waals surface area contributed by atoms with Gasteiger partial charge in [-0.1, -0.05) is 12.1 Å². The second-order valence-electron chi connectivity index (χ2n) is 6.49. The van der Waals surface area contributed by atoms with Crippen molar-refractivity contribution >= 4 is 5.69 Å². The molecule has 1 saturated heterocycles. The lowest BCUT2D eigenvalue weighted by atomic mass is 9.95. The van der Waals surface area contributed by atoms with Crippen LogP contribution in [0.4, 0.5) is 5.69 Å². The molecule has 2 aliphatic rings. The minimum atomic E-state index is -0.330. The fourth-order valence-electron chi connectivity index (χ4n) is 3.59. The fourth-order valence-corrected chi connectivity index (χ4v) is 3.59. The molecule has 0 amide bonds. The van der Waals surface area contributed by atoms with Crippen molar-refractivity contribution in [3.63, 3.8) is 0 Å². The lowest BCUT2D eigenvalue weighted by molar-refractivity contribution is 0.0944. The Morgan fingerprint density at radius 2 is 2.29 bits per heavy atom. The highest BCUT2D eigenvalue weighted by molar-refractivity contribution is 5.56. The third kappa shape index (κ3) is 3.58. The zero-order valence-corrected chi connectivity index (χ0v) is 13.1. The van der Waals surface area contributed by atoms with Crippen LogP contribution >= 0.6 is 0 Å². The van der Waals surface area contributed by atoms with Gasteiger partial charge in [-0.05, 0) is 62.1 Å². The predicted molar refractivity (Wildman–Crippen MR) is 85.8 cm³/mol. The van der Waals surface area contributed by atoms with Gasteiger partial charge in [0.2, 0.25) is 0 Å². The molecule has 0 aromatic heterocycles. The molecule has 1 aromatic rings. The number of aliphatic hydroxyl groups is 1. The maximum Gasteiger partial charge on any atom is 0.0790 e. The molecule has 0 aliphatic carbocycles. The lowest BCUT2D eigenvalue weighted by Gasteiger charge is -2.28. The summed E-state index contributed by atoms with van der Waals surface area (Å²) in [5.41, 5.74) is 3.80. The molecule has 0 radical (unpaired) electrons. The van der Waals surface area contributed by atoms with E-state index in [-0.39, 0.29) is 6.10 Å². The van der Waals surface area contributed by atoms with Crippen LogP contribution in [0.2, 0.25) is 0 Å². The van der Waals surface area contributed by atoms with E-state index in [1.807, 2.05) is 0 Å². The standard InChI is InChI=1S/C18H27NO2/c1-19-11-3-5-14-13-15(9-10-17(14)19)18(20)8-2-6-16-7-4-12-21-16/h9-10,13,16,18,20H,2-8,11-12H2,1H3. The van der Waals surface area contributed by atoms with E-state index in [1.54, 1.807) is 0 Å². The molecule has 3 rings (SSSR count). The van der Waals surface area contributed by atoms with E-state index in [2.05, 4.69) is 30.1 Å². The highest BCUT2D eigenvalue weighted by Crippen LogP contribution is 2.30. The summed E-state index contributed by atoms with van der Waals surface area (Å²) in [5, 5.41) is 10.4. The van der Waals surface area contributed by atoms with Gasteiger partial charge in [-0.3, -0.25) is 0 Å². The number of benzene rings is 1. The molecular weight excluding hydrogens is 262 g/mol. The van der Waals surface area contributed by atoms with Crippen LogP contribution < -0.4 is 4.90 Å². The van der Waals surface area contributed by atoms with E-state index in [0.717, 1.165) is 44.4 Å². The number of aryl methyl sites for hydroxylation is 1. The van der Waals surface area contributed by atoms with Crippen LogP contribution in [0.5, 0.6) is 0 Å². The van der Waals surface area contributed by atoms with E-state index in [0.29, 0.717) is 6.10 Å². The molecule has 0 saturated carbocycles. The summed E-state index contributed by atoms with van der Waals surface area (Å²) in [6.45, 7) is 2.06. The van der Waals surface area contributed by atoms with Crippen LogP contribution in [0.3, 0.4) is 0 Å². The van der Waals surface area contributed by atoms with Crippen LogP contribution in [0.25, 0.3) is 0 Å². The van der Waals surface area contributed by atoms with Crippen molar-refractivity contribution in [2.75, 3.05) is 25.1 Å². The molecule has 0 spiro atoms. The van der Waals surface area contributed by atoms with Gasteiger partial charge in [-0.2, -0.15) is 0 Å². The molecule has 3 heteroatoms. The van der Waals surface area contributed by atoms with E-state index < -0.39 is 0 Å². The topological polar surface area (TPSA) is 32.7 Å². The van der Waals surface area contributed by atoms with Gasteiger partial charge in [-0.15, -0.1) is 0 Å². The molecule has 1 fully saturated rings. The summed E-state index contributed by atoms with van der Waals surface area (Å²) in [6.07, 6.45) is 7.82. The van der Waals surface area contributed by atoms with Gasteiger partial charge in [0, 0.05) is 25.9 Å². The Labute approximate surface area is 127 Å². The highest BCUT2D eigenvalue weighted by Gasteiger charge is 2.18. The first-order chi connectivity index (χ1) is 10.2. The molecule has 2 atom stereocenters. The number of anilines is 1. The number of hydrogen-bond donors (Lipinski definition) is 1. The highest BCUT2D eigenvalue weighted by atomic mass is 16.5. The third-order valence-electron chi connectivity index (χ3n) is 4.87. The van der Waals surface area contributed by atoms with Gasteiger partial charge in [0.1, 0.15) is 0 Å². The quantitative estimate of drug-likeness (QED) is 0.901. The first-order valence-corrected chi connectivity index (χ1v) is 8.37. The van der Waals surface area contributed by atoms with E-state index in [1.165, 1.54) is 30.5 Å². The van der Waals surface area contributed by atoms with Crippen molar-refractivity contribution in [1.29, 1.82) is 0 Å². The van der Waals surface area contributed by atoms with Crippen LogP contribution in [-0.2, 0) is 11.2 Å². The van der Waals surface area contributed by atoms with Crippen molar-refractivity contribution in [2.45, 2.75) is 57.2 Å². The van der Waals surface area contributed by atoms with Crippen LogP contribution in [-0.4, -0.2) is 31.4 Å². The van der Waals surface area contributed by atoms with Gasteiger partial charge < -0.3 is 14.7 Å². The minimum Gasteiger partial charge on any atom is -0.388 e. The minimum absolute atomic E-state index is 0.330. The maximum atomic E-state index is 10.4. The molecule has 21 heavy (non-hydrogen) atoms. The van der Waals surface area contributed by atoms with Gasteiger partial charge in [-0.25, -0.2) is 0 Å². The average molecular weight is 289 g/mol. The second-order valence-corrected chi connectivity index (χ2v) is 6.49. The van der Waals surface area contributed by atoms with Crippen LogP contribution in [0, 0.1) is 0 Å². The smallest absolute Gasteiger partial charge is 0.0790 e. The Hall–Kier alpha value is -1.06. The molecule has 2 heterocycles. The zero-order chi connectivity index (χ0) is 14.7. The third-order valence-corrected chi connectivity index (χ3v) is 4.87. The summed E-state index contributed by atoms with van der Waals surface area (Å²) in [5.74, 6) is 0. The SMILES string of the molecule is CN1CCCc2cc(C(O)CCCC3CCCO3)ccc21. The number of nitrogens with zero attached hydrogens (tertiary/aromatic N) is 1. The van der Waals surface area contributed by atoms with Gasteiger partial charge in [0.15, 0.2) is 0 Å². The molecule has 2 aliphatic heterocycles. The molecule has 3 nitrogen and oxygen atoms in total. The molecule has 0 bridgehead atoms. The maximum absolute atomic E-state index is 10.4. The van der Waals surface area contributed by atoms with Crippen molar-refractivity contribution in [1.82, 2.24) is 0 Å². The lowest BCUT2D eigenvalue weighted by Crippen LogP contribution is -2.24. The summed E-state index contributed by atoms with van der Waals surface area (Å²) < 4.78 is 5.64. The predicted octanol–water partition coefficient (Wildman–Crippen LogP) is 3.45. The van der Waals surface area contributed by atoms with Gasteiger partial charge in [0.25, 0.3) is 0 Å². The number of aliphatic hydroxyl groups excluding tert-OH is 1. The van der Waals surface area contributed by atoms with Crippen LogP contribution in [0.1, 0.15) is 55.8 Å².